The van der Waals surface area contributed by atoms with Crippen molar-refractivity contribution in [1.29, 1.82) is 0 Å². The van der Waals surface area contributed by atoms with Crippen LogP contribution in [0.25, 0.3) is 6.08 Å². The largest absolute Gasteiger partial charge is 0.493 e. The van der Waals surface area contributed by atoms with Crippen LogP contribution in [0.15, 0.2) is 36.7 Å². The number of nitrogens with zero attached hydrogens (tertiary/aromatic N) is 1. The van der Waals surface area contributed by atoms with Crippen LogP contribution in [0.5, 0.6) is 5.75 Å². The predicted molar refractivity (Wildman–Crippen MR) is 80.0 cm³/mol. The van der Waals surface area contributed by atoms with E-state index in [9.17, 15) is 4.79 Å². The number of ether oxygens (including phenoxy) is 1. The molecule has 0 saturated carbocycles. The molecule has 5 heteroatoms. The molecule has 1 amide bonds. The Bertz CT molecular complexity index is 648. The highest BCUT2D eigenvalue weighted by Crippen LogP contribution is 2.26. The minimum atomic E-state index is -0.0877. The minimum Gasteiger partial charge on any atom is -0.493 e. The number of hydrogen-bond acceptors (Lipinski definition) is 3. The van der Waals surface area contributed by atoms with Crippen molar-refractivity contribution in [2.24, 2.45) is 0 Å². The van der Waals surface area contributed by atoms with E-state index in [0.717, 1.165) is 36.3 Å². The second-order valence-electron chi connectivity index (χ2n) is 4.95. The van der Waals surface area contributed by atoms with Crippen molar-refractivity contribution < 1.29 is 9.53 Å². The summed E-state index contributed by atoms with van der Waals surface area (Å²) in [5, 5.41) is 9.46. The van der Waals surface area contributed by atoms with Crippen molar-refractivity contribution in [2.45, 2.75) is 12.8 Å². The molecule has 1 aliphatic rings. The fraction of sp³-hybridized carbons (Fsp3) is 0.250. The summed E-state index contributed by atoms with van der Waals surface area (Å²) < 4.78 is 5.46. The Morgan fingerprint density at radius 2 is 2.43 bits per heavy atom. The van der Waals surface area contributed by atoms with Gasteiger partial charge < -0.3 is 10.1 Å². The van der Waals surface area contributed by atoms with Gasteiger partial charge in [0.15, 0.2) is 0 Å². The second kappa shape index (κ2) is 6.26. The molecule has 5 nitrogen and oxygen atoms in total. The highest BCUT2D eigenvalue weighted by molar-refractivity contribution is 5.91. The number of carbonyl (C=O) groups excluding carboxylic acids is 1. The fourth-order valence-corrected chi connectivity index (χ4v) is 2.29. The molecule has 0 fully saturated rings. The van der Waals surface area contributed by atoms with Crippen molar-refractivity contribution in [3.63, 3.8) is 0 Å². The Labute approximate surface area is 123 Å². The molecule has 108 valence electrons. The molecule has 2 N–H and O–H groups in total. The van der Waals surface area contributed by atoms with E-state index >= 15 is 0 Å². The number of amides is 1. The number of benzene rings is 1. The van der Waals surface area contributed by atoms with Gasteiger partial charge in [-0.25, -0.2) is 0 Å². The maximum Gasteiger partial charge on any atom is 0.244 e. The van der Waals surface area contributed by atoms with E-state index in [4.69, 9.17) is 4.74 Å². The molecule has 21 heavy (non-hydrogen) atoms. The lowest BCUT2D eigenvalue weighted by molar-refractivity contribution is -0.116. The molecule has 0 atom stereocenters. The Hall–Kier alpha value is -2.56. The van der Waals surface area contributed by atoms with Gasteiger partial charge in [0.2, 0.25) is 5.91 Å². The summed E-state index contributed by atoms with van der Waals surface area (Å²) in [6.07, 6.45) is 8.68. The molecule has 1 aliphatic heterocycles. The molecule has 0 spiro atoms. The number of carbonyl (C=O) groups is 1. The normalized spacial score (nSPS) is 13.1. The van der Waals surface area contributed by atoms with Crippen molar-refractivity contribution in [3.8, 4) is 5.75 Å². The standard InChI is InChI=1S/C16H17N3O2/c20-16(17-7-5-13-10-18-19-11-13)4-2-12-1-3-15-14(9-12)6-8-21-15/h1-4,9-11H,5-8H2,(H,17,20)(H,18,19)/b4-2+. The molecule has 2 aromatic rings. The van der Waals surface area contributed by atoms with Gasteiger partial charge in [0, 0.05) is 25.2 Å². The zero-order valence-corrected chi connectivity index (χ0v) is 11.6. The van der Waals surface area contributed by atoms with Crippen LogP contribution in [0.1, 0.15) is 16.7 Å². The minimum absolute atomic E-state index is 0.0877. The van der Waals surface area contributed by atoms with Gasteiger partial charge in [0.05, 0.1) is 12.8 Å². The van der Waals surface area contributed by atoms with Crippen LogP contribution in [0.4, 0.5) is 0 Å². The third-order valence-electron chi connectivity index (χ3n) is 3.41. The Balaban J connectivity index is 1.50. The number of nitrogens with one attached hydrogen (secondary N) is 2. The third kappa shape index (κ3) is 3.51. The number of aromatic amines is 1. The monoisotopic (exact) mass is 283 g/mol. The first-order chi connectivity index (χ1) is 10.3. The van der Waals surface area contributed by atoms with Crippen molar-refractivity contribution in [3.05, 3.63) is 53.4 Å². The van der Waals surface area contributed by atoms with E-state index in [1.807, 2.05) is 24.4 Å². The van der Waals surface area contributed by atoms with E-state index in [0.29, 0.717) is 6.54 Å². The van der Waals surface area contributed by atoms with Crippen LogP contribution >= 0.6 is 0 Å². The fourth-order valence-electron chi connectivity index (χ4n) is 2.29. The number of rotatable bonds is 5. The number of H-pyrrole nitrogens is 1. The van der Waals surface area contributed by atoms with Crippen molar-refractivity contribution in [2.75, 3.05) is 13.2 Å². The first kappa shape index (κ1) is 13.4. The Morgan fingerprint density at radius 3 is 3.29 bits per heavy atom. The smallest absolute Gasteiger partial charge is 0.244 e. The average Bonchev–Trinajstić information content (AvgIpc) is 3.15. The van der Waals surface area contributed by atoms with Gasteiger partial charge in [0.1, 0.15) is 5.75 Å². The van der Waals surface area contributed by atoms with Gasteiger partial charge in [0.25, 0.3) is 0 Å². The summed E-state index contributed by atoms with van der Waals surface area (Å²) in [5.74, 6) is 0.868. The van der Waals surface area contributed by atoms with E-state index in [-0.39, 0.29) is 5.91 Å². The molecule has 0 saturated heterocycles. The molecule has 0 unspecified atom stereocenters. The maximum absolute atomic E-state index is 11.7. The van der Waals surface area contributed by atoms with Crippen LogP contribution < -0.4 is 10.1 Å². The number of hydrogen-bond donors (Lipinski definition) is 2. The summed E-state index contributed by atoms with van der Waals surface area (Å²) in [6, 6.07) is 5.98. The first-order valence-electron chi connectivity index (χ1n) is 7.00. The predicted octanol–water partition coefficient (Wildman–Crippen LogP) is 1.72. The zero-order chi connectivity index (χ0) is 14.5. The van der Waals surface area contributed by atoms with E-state index in [1.54, 1.807) is 12.3 Å². The second-order valence-corrected chi connectivity index (χ2v) is 4.95. The van der Waals surface area contributed by atoms with Crippen molar-refractivity contribution in [1.82, 2.24) is 15.5 Å². The molecule has 3 rings (SSSR count). The summed E-state index contributed by atoms with van der Waals surface area (Å²) in [6.45, 7) is 1.34. The van der Waals surface area contributed by atoms with E-state index in [2.05, 4.69) is 21.6 Å². The maximum atomic E-state index is 11.7. The van der Waals surface area contributed by atoms with Crippen LogP contribution in [0, 0.1) is 0 Å². The highest BCUT2D eigenvalue weighted by atomic mass is 16.5. The zero-order valence-electron chi connectivity index (χ0n) is 11.6. The third-order valence-corrected chi connectivity index (χ3v) is 3.41. The molecule has 2 heterocycles. The number of aromatic nitrogens is 2. The summed E-state index contributed by atoms with van der Waals surface area (Å²) in [7, 11) is 0. The van der Waals surface area contributed by atoms with Crippen LogP contribution in [-0.4, -0.2) is 29.3 Å². The first-order valence-corrected chi connectivity index (χ1v) is 7.00. The lowest BCUT2D eigenvalue weighted by Gasteiger charge is -2.01. The Kier molecular flexibility index (Phi) is 4.00. The van der Waals surface area contributed by atoms with E-state index < -0.39 is 0 Å². The summed E-state index contributed by atoms with van der Waals surface area (Å²) in [4.78, 5) is 11.7. The lowest BCUT2D eigenvalue weighted by Crippen LogP contribution is -2.23. The molecule has 0 radical (unpaired) electrons. The SMILES string of the molecule is O=C(/C=C/c1ccc2c(c1)CCO2)NCCc1cn[nH]c1. The van der Waals surface area contributed by atoms with Crippen LogP contribution in [0.3, 0.4) is 0 Å². The molecular formula is C16H17N3O2. The Morgan fingerprint density at radius 1 is 1.48 bits per heavy atom. The van der Waals surface area contributed by atoms with Crippen LogP contribution in [0.2, 0.25) is 0 Å². The topological polar surface area (TPSA) is 67.0 Å². The van der Waals surface area contributed by atoms with Gasteiger partial charge >= 0.3 is 0 Å². The van der Waals surface area contributed by atoms with E-state index in [1.165, 1.54) is 5.56 Å². The quantitative estimate of drug-likeness (QED) is 0.821. The van der Waals surface area contributed by atoms with Crippen molar-refractivity contribution >= 4 is 12.0 Å². The summed E-state index contributed by atoms with van der Waals surface area (Å²) in [5.41, 5.74) is 3.31. The van der Waals surface area contributed by atoms with Gasteiger partial charge in [-0.15, -0.1) is 0 Å². The molecule has 1 aromatic heterocycles. The van der Waals surface area contributed by atoms with Crippen LogP contribution in [-0.2, 0) is 17.6 Å². The highest BCUT2D eigenvalue weighted by Gasteiger charge is 2.11. The number of fused-ring (bicyclic) bond motifs is 1. The van der Waals surface area contributed by atoms with Gasteiger partial charge in [-0.2, -0.15) is 5.10 Å². The molecular weight excluding hydrogens is 266 g/mol. The van der Waals surface area contributed by atoms with Gasteiger partial charge in [-0.3, -0.25) is 9.89 Å². The van der Waals surface area contributed by atoms with Gasteiger partial charge in [-0.1, -0.05) is 6.07 Å². The average molecular weight is 283 g/mol. The summed E-state index contributed by atoms with van der Waals surface area (Å²) >= 11 is 0. The molecule has 1 aromatic carbocycles. The molecule has 0 bridgehead atoms. The molecule has 0 aliphatic carbocycles. The van der Waals surface area contributed by atoms with Gasteiger partial charge in [-0.05, 0) is 41.3 Å². The lowest BCUT2D eigenvalue weighted by atomic mass is 10.1.